The van der Waals surface area contributed by atoms with E-state index in [-0.39, 0.29) is 17.9 Å². The van der Waals surface area contributed by atoms with E-state index in [0.29, 0.717) is 25.9 Å². The van der Waals surface area contributed by atoms with Crippen LogP contribution in [0.15, 0.2) is 54.6 Å². The number of hydrogen-bond acceptors (Lipinski definition) is 3. The molecule has 0 aliphatic carbocycles. The summed E-state index contributed by atoms with van der Waals surface area (Å²) < 4.78 is 24.8. The van der Waals surface area contributed by atoms with Crippen LogP contribution in [0.2, 0.25) is 0 Å². The SMILES string of the molecule is Cc1ccccc1C(NC(=O)C1CCN(S(C)(=O)=O)CC1)c1ccccc1. The Morgan fingerprint density at radius 2 is 1.63 bits per heavy atom. The molecule has 1 atom stereocenters. The zero-order valence-electron chi connectivity index (χ0n) is 15.8. The van der Waals surface area contributed by atoms with E-state index in [2.05, 4.69) is 5.32 Å². The molecule has 1 saturated heterocycles. The van der Waals surface area contributed by atoms with Gasteiger partial charge in [-0.1, -0.05) is 54.6 Å². The van der Waals surface area contributed by atoms with E-state index in [9.17, 15) is 13.2 Å². The van der Waals surface area contributed by atoms with Crippen LogP contribution in [0.5, 0.6) is 0 Å². The number of amides is 1. The van der Waals surface area contributed by atoms with Crippen LogP contribution in [0, 0.1) is 12.8 Å². The van der Waals surface area contributed by atoms with Crippen molar-refractivity contribution in [1.29, 1.82) is 0 Å². The summed E-state index contributed by atoms with van der Waals surface area (Å²) in [5.41, 5.74) is 3.23. The molecule has 144 valence electrons. The minimum Gasteiger partial charge on any atom is -0.345 e. The standard InChI is InChI=1S/C21H26N2O3S/c1-16-8-6-7-11-19(16)20(17-9-4-3-5-10-17)22-21(24)18-12-14-23(15-13-18)27(2,25)26/h3-11,18,20H,12-15H2,1-2H3,(H,22,24). The highest BCUT2D eigenvalue weighted by Crippen LogP contribution is 2.27. The topological polar surface area (TPSA) is 66.5 Å². The molecule has 0 aromatic heterocycles. The number of piperidine rings is 1. The lowest BCUT2D eigenvalue weighted by molar-refractivity contribution is -0.126. The maximum Gasteiger partial charge on any atom is 0.223 e. The molecule has 0 spiro atoms. The molecular weight excluding hydrogens is 360 g/mol. The zero-order valence-corrected chi connectivity index (χ0v) is 16.6. The second-order valence-corrected chi connectivity index (χ2v) is 9.13. The molecule has 3 rings (SSSR count). The van der Waals surface area contributed by atoms with Crippen molar-refractivity contribution >= 4 is 15.9 Å². The van der Waals surface area contributed by atoms with Gasteiger partial charge >= 0.3 is 0 Å². The van der Waals surface area contributed by atoms with E-state index in [4.69, 9.17) is 0 Å². The van der Waals surface area contributed by atoms with Crippen LogP contribution < -0.4 is 5.32 Å². The van der Waals surface area contributed by atoms with Crippen molar-refractivity contribution in [2.75, 3.05) is 19.3 Å². The molecule has 1 aliphatic heterocycles. The molecule has 27 heavy (non-hydrogen) atoms. The number of carbonyl (C=O) groups excluding carboxylic acids is 1. The second kappa shape index (κ2) is 8.23. The fourth-order valence-corrected chi connectivity index (χ4v) is 4.48. The third kappa shape index (κ3) is 4.76. The normalized spacial score (nSPS) is 17.4. The van der Waals surface area contributed by atoms with E-state index in [1.54, 1.807) is 0 Å². The lowest BCUT2D eigenvalue weighted by Gasteiger charge is -2.31. The predicted octanol–water partition coefficient (Wildman–Crippen LogP) is 2.87. The number of nitrogens with zero attached hydrogens (tertiary/aromatic N) is 1. The minimum absolute atomic E-state index is 0.0137. The van der Waals surface area contributed by atoms with Gasteiger partial charge in [-0.2, -0.15) is 0 Å². The lowest BCUT2D eigenvalue weighted by atomic mass is 9.92. The minimum atomic E-state index is -3.19. The molecule has 1 N–H and O–H groups in total. The van der Waals surface area contributed by atoms with Gasteiger partial charge in [0.15, 0.2) is 0 Å². The molecule has 2 aromatic rings. The number of carbonyl (C=O) groups is 1. The van der Waals surface area contributed by atoms with E-state index in [1.165, 1.54) is 10.6 Å². The Hall–Kier alpha value is -2.18. The van der Waals surface area contributed by atoms with Crippen molar-refractivity contribution in [1.82, 2.24) is 9.62 Å². The number of hydrogen-bond donors (Lipinski definition) is 1. The van der Waals surface area contributed by atoms with Crippen molar-refractivity contribution in [2.24, 2.45) is 5.92 Å². The number of rotatable bonds is 5. The maximum atomic E-state index is 12.9. The summed E-state index contributed by atoms with van der Waals surface area (Å²) in [7, 11) is -3.19. The molecule has 5 nitrogen and oxygen atoms in total. The molecule has 0 saturated carbocycles. The number of nitrogens with one attached hydrogen (secondary N) is 1. The van der Waals surface area contributed by atoms with Gasteiger partial charge in [0.1, 0.15) is 0 Å². The Morgan fingerprint density at radius 1 is 1.04 bits per heavy atom. The van der Waals surface area contributed by atoms with E-state index in [1.807, 2.05) is 61.5 Å². The quantitative estimate of drug-likeness (QED) is 0.859. The van der Waals surface area contributed by atoms with Crippen LogP contribution in [-0.2, 0) is 14.8 Å². The fourth-order valence-electron chi connectivity index (χ4n) is 3.61. The van der Waals surface area contributed by atoms with Crippen molar-refractivity contribution in [2.45, 2.75) is 25.8 Å². The number of benzene rings is 2. The smallest absolute Gasteiger partial charge is 0.223 e. The number of aryl methyl sites for hydroxylation is 1. The van der Waals surface area contributed by atoms with Gasteiger partial charge in [0.25, 0.3) is 0 Å². The Kier molecular flexibility index (Phi) is 5.97. The highest BCUT2D eigenvalue weighted by molar-refractivity contribution is 7.88. The molecule has 0 bridgehead atoms. The van der Waals surface area contributed by atoms with Gasteiger partial charge in [0.05, 0.1) is 12.3 Å². The van der Waals surface area contributed by atoms with Gasteiger partial charge in [0, 0.05) is 19.0 Å². The first kappa shape index (κ1) is 19.6. The highest BCUT2D eigenvalue weighted by Gasteiger charge is 2.30. The molecule has 1 fully saturated rings. The Balaban J connectivity index is 1.77. The predicted molar refractivity (Wildman–Crippen MR) is 107 cm³/mol. The molecule has 1 amide bonds. The van der Waals surface area contributed by atoms with Crippen LogP contribution in [0.3, 0.4) is 0 Å². The Labute approximate surface area is 161 Å². The van der Waals surface area contributed by atoms with Crippen LogP contribution in [0.4, 0.5) is 0 Å². The van der Waals surface area contributed by atoms with Crippen molar-refractivity contribution < 1.29 is 13.2 Å². The summed E-state index contributed by atoms with van der Waals surface area (Å²) in [5.74, 6) is -0.182. The Morgan fingerprint density at radius 3 is 2.22 bits per heavy atom. The zero-order chi connectivity index (χ0) is 19.4. The molecule has 0 radical (unpaired) electrons. The van der Waals surface area contributed by atoms with E-state index in [0.717, 1.165) is 16.7 Å². The molecule has 1 unspecified atom stereocenters. The fraction of sp³-hybridized carbons (Fsp3) is 0.381. The first-order chi connectivity index (χ1) is 12.9. The van der Waals surface area contributed by atoms with Gasteiger partial charge in [-0.25, -0.2) is 12.7 Å². The van der Waals surface area contributed by atoms with Gasteiger partial charge in [-0.15, -0.1) is 0 Å². The third-order valence-corrected chi connectivity index (χ3v) is 6.52. The van der Waals surface area contributed by atoms with Gasteiger partial charge in [-0.3, -0.25) is 4.79 Å². The van der Waals surface area contributed by atoms with E-state index < -0.39 is 10.0 Å². The van der Waals surface area contributed by atoms with Gasteiger partial charge in [0.2, 0.25) is 15.9 Å². The first-order valence-electron chi connectivity index (χ1n) is 9.22. The van der Waals surface area contributed by atoms with Crippen LogP contribution in [-0.4, -0.2) is 38.0 Å². The van der Waals surface area contributed by atoms with Crippen molar-refractivity contribution in [3.8, 4) is 0 Å². The highest BCUT2D eigenvalue weighted by atomic mass is 32.2. The van der Waals surface area contributed by atoms with Gasteiger partial charge in [-0.05, 0) is 36.5 Å². The average molecular weight is 387 g/mol. The van der Waals surface area contributed by atoms with Crippen molar-refractivity contribution in [3.63, 3.8) is 0 Å². The van der Waals surface area contributed by atoms with Crippen LogP contribution in [0.1, 0.15) is 35.6 Å². The Bertz CT molecular complexity index is 889. The van der Waals surface area contributed by atoms with Crippen LogP contribution in [0.25, 0.3) is 0 Å². The summed E-state index contributed by atoms with van der Waals surface area (Å²) in [6.07, 6.45) is 2.32. The average Bonchev–Trinajstić information content (AvgIpc) is 2.67. The van der Waals surface area contributed by atoms with Gasteiger partial charge < -0.3 is 5.32 Å². The first-order valence-corrected chi connectivity index (χ1v) is 11.1. The monoisotopic (exact) mass is 386 g/mol. The molecule has 1 aliphatic rings. The summed E-state index contributed by atoms with van der Waals surface area (Å²) in [5, 5.41) is 3.21. The molecule has 1 heterocycles. The number of sulfonamides is 1. The molecule has 6 heteroatoms. The summed E-state index contributed by atoms with van der Waals surface area (Å²) >= 11 is 0. The molecule has 2 aromatic carbocycles. The van der Waals surface area contributed by atoms with Crippen LogP contribution >= 0.6 is 0 Å². The third-order valence-electron chi connectivity index (χ3n) is 5.21. The maximum absolute atomic E-state index is 12.9. The largest absolute Gasteiger partial charge is 0.345 e. The summed E-state index contributed by atoms with van der Waals surface area (Å²) in [6.45, 7) is 2.84. The summed E-state index contributed by atoms with van der Waals surface area (Å²) in [6, 6.07) is 17.8. The lowest BCUT2D eigenvalue weighted by Crippen LogP contribution is -2.43. The summed E-state index contributed by atoms with van der Waals surface area (Å²) in [4.78, 5) is 12.9. The van der Waals surface area contributed by atoms with E-state index >= 15 is 0 Å². The van der Waals surface area contributed by atoms with Crippen molar-refractivity contribution in [3.05, 3.63) is 71.3 Å². The second-order valence-electron chi connectivity index (χ2n) is 7.15. The molecular formula is C21H26N2O3S.